The Morgan fingerprint density at radius 1 is 1.11 bits per heavy atom. The molecule has 0 unspecified atom stereocenters. The minimum atomic E-state index is -0.0409. The number of aromatic nitrogens is 4. The van der Waals surface area contributed by atoms with Crippen molar-refractivity contribution in [3.05, 3.63) is 81.4 Å². The van der Waals surface area contributed by atoms with Crippen molar-refractivity contribution in [1.29, 1.82) is 0 Å². The molecule has 2 aliphatic rings. The van der Waals surface area contributed by atoms with E-state index in [1.54, 1.807) is 6.07 Å². The average Bonchev–Trinajstić information content (AvgIpc) is 3.76. The van der Waals surface area contributed by atoms with Crippen LogP contribution in [0.3, 0.4) is 0 Å². The minimum Gasteiger partial charge on any atom is -0.364 e. The third kappa shape index (κ3) is 5.18. The van der Waals surface area contributed by atoms with Crippen LogP contribution in [0, 0.1) is 5.92 Å². The van der Waals surface area contributed by atoms with Gasteiger partial charge in [-0.25, -0.2) is 15.0 Å². The summed E-state index contributed by atoms with van der Waals surface area (Å²) < 4.78 is 3.09. The summed E-state index contributed by atoms with van der Waals surface area (Å²) in [5.41, 5.74) is 4.36. The Hall–Kier alpha value is -2.97. The first-order valence-corrected chi connectivity index (χ1v) is 13.0. The van der Waals surface area contributed by atoms with Crippen molar-refractivity contribution < 1.29 is 4.79 Å². The number of anilines is 2. The maximum absolute atomic E-state index is 12.6. The van der Waals surface area contributed by atoms with Crippen LogP contribution in [0.5, 0.6) is 0 Å². The number of halogens is 2. The van der Waals surface area contributed by atoms with Crippen LogP contribution in [0.15, 0.2) is 59.6 Å². The summed E-state index contributed by atoms with van der Waals surface area (Å²) in [7, 11) is 0. The van der Waals surface area contributed by atoms with Gasteiger partial charge in [0.25, 0.3) is 0 Å². The molecule has 4 aromatic rings. The molecule has 2 aliphatic carbocycles. The van der Waals surface area contributed by atoms with E-state index >= 15 is 0 Å². The number of pyridine rings is 1. The number of nitrogens with one attached hydrogen (secondary N) is 2. The molecule has 3 heterocycles. The second-order valence-electron chi connectivity index (χ2n) is 9.41. The Kier molecular flexibility index (Phi) is 5.94. The topological polar surface area (TPSA) is 84.2 Å². The summed E-state index contributed by atoms with van der Waals surface area (Å²) in [6.45, 7) is 0.515. The van der Waals surface area contributed by atoms with Crippen LogP contribution in [0.1, 0.15) is 54.3 Å². The molecule has 9 heteroatoms. The van der Waals surface area contributed by atoms with Gasteiger partial charge in [-0.2, -0.15) is 0 Å². The van der Waals surface area contributed by atoms with Crippen LogP contribution in [-0.2, 0) is 11.3 Å². The Labute approximate surface area is 216 Å². The lowest BCUT2D eigenvalue weighted by atomic mass is 10.1. The number of benzene rings is 1. The quantitative estimate of drug-likeness (QED) is 0.274. The number of hydrogen-bond acceptors (Lipinski definition) is 5. The largest absolute Gasteiger partial charge is 0.364 e. The Morgan fingerprint density at radius 2 is 1.97 bits per heavy atom. The van der Waals surface area contributed by atoms with Gasteiger partial charge in [-0.1, -0.05) is 23.7 Å². The molecule has 0 radical (unpaired) electrons. The van der Waals surface area contributed by atoms with E-state index in [4.69, 9.17) is 16.6 Å². The molecule has 1 aromatic carbocycles. The molecular formula is C26H24BrClN6O. The summed E-state index contributed by atoms with van der Waals surface area (Å²) in [6, 6.07) is 11.8. The summed E-state index contributed by atoms with van der Waals surface area (Å²) in [6.07, 6.45) is 9.64. The fourth-order valence-electron chi connectivity index (χ4n) is 4.61. The highest BCUT2D eigenvalue weighted by Crippen LogP contribution is 2.50. The van der Waals surface area contributed by atoms with E-state index in [0.29, 0.717) is 42.4 Å². The smallest absolute Gasteiger partial charge is 0.225 e. The van der Waals surface area contributed by atoms with E-state index in [0.717, 1.165) is 27.3 Å². The van der Waals surface area contributed by atoms with E-state index in [9.17, 15) is 4.79 Å². The van der Waals surface area contributed by atoms with Gasteiger partial charge >= 0.3 is 0 Å². The second-order valence-corrected chi connectivity index (χ2v) is 10.7. The fraction of sp³-hybridized carbons (Fsp3) is 0.308. The third-order valence-corrected chi connectivity index (χ3v) is 7.48. The minimum absolute atomic E-state index is 0.0409. The fourth-order valence-corrected chi connectivity index (χ4v) is 5.36. The molecule has 178 valence electrons. The number of hydrogen-bond donors (Lipinski definition) is 2. The summed E-state index contributed by atoms with van der Waals surface area (Å²) >= 11 is 9.75. The van der Waals surface area contributed by atoms with Gasteiger partial charge in [-0.15, -0.1) is 0 Å². The van der Waals surface area contributed by atoms with Crippen LogP contribution in [0.4, 0.5) is 11.6 Å². The highest BCUT2D eigenvalue weighted by Gasteiger charge is 2.39. The summed E-state index contributed by atoms with van der Waals surface area (Å²) in [4.78, 5) is 25.8. The molecule has 2 atom stereocenters. The predicted molar refractivity (Wildman–Crippen MR) is 140 cm³/mol. The van der Waals surface area contributed by atoms with E-state index < -0.39 is 0 Å². The van der Waals surface area contributed by atoms with E-state index in [1.807, 2.05) is 24.4 Å². The number of rotatable bonds is 8. The molecule has 6 rings (SSSR count). The lowest BCUT2D eigenvalue weighted by Gasteiger charge is -2.07. The van der Waals surface area contributed by atoms with Crippen LogP contribution >= 0.6 is 27.5 Å². The van der Waals surface area contributed by atoms with Gasteiger partial charge in [-0.3, -0.25) is 4.79 Å². The molecule has 2 N–H and O–H groups in total. The van der Waals surface area contributed by atoms with Gasteiger partial charge in [0, 0.05) is 29.9 Å². The van der Waals surface area contributed by atoms with Crippen LogP contribution in [-0.4, -0.2) is 25.3 Å². The molecule has 2 saturated carbocycles. The molecule has 7 nitrogen and oxygen atoms in total. The van der Waals surface area contributed by atoms with Crippen molar-refractivity contribution in [2.45, 2.75) is 44.1 Å². The third-order valence-electron chi connectivity index (χ3n) is 6.66. The van der Waals surface area contributed by atoms with Gasteiger partial charge in [0.15, 0.2) is 5.65 Å². The number of imidazole rings is 1. The highest BCUT2D eigenvalue weighted by molar-refractivity contribution is 9.10. The molecule has 0 saturated heterocycles. The lowest BCUT2D eigenvalue weighted by molar-refractivity contribution is -0.116. The van der Waals surface area contributed by atoms with E-state index in [2.05, 4.69) is 59.3 Å². The average molecular weight is 552 g/mol. The Morgan fingerprint density at radius 3 is 2.80 bits per heavy atom. The van der Waals surface area contributed by atoms with Gasteiger partial charge in [0.05, 0.1) is 16.7 Å². The van der Waals surface area contributed by atoms with E-state index in [-0.39, 0.29) is 5.91 Å². The molecule has 1 amide bonds. The first-order valence-electron chi connectivity index (χ1n) is 11.8. The molecule has 3 aromatic heterocycles. The summed E-state index contributed by atoms with van der Waals surface area (Å²) in [5, 5.41) is 6.92. The predicted octanol–water partition coefficient (Wildman–Crippen LogP) is 6.16. The first-order chi connectivity index (χ1) is 17.0. The van der Waals surface area contributed by atoms with Crippen molar-refractivity contribution >= 4 is 50.7 Å². The Bertz CT molecular complexity index is 1420. The van der Waals surface area contributed by atoms with Gasteiger partial charge < -0.3 is 15.0 Å². The maximum atomic E-state index is 12.6. The standard InChI is InChI=1S/C26H24BrClN6O/c27-22-8-18(15-4-5-15)12-34-13-20(32-26(22)34)11-29-23-10-24(31-14-30-23)33-25(35)9-17-7-21(17)16-2-1-3-19(28)6-16/h1-3,6,8,10,12-15,17,21H,4-5,7,9,11H2,(H2,29,30,31,33,35)/t17-,21-/m1/s1. The zero-order chi connectivity index (χ0) is 23.9. The Balaban J connectivity index is 1.05. The molecule has 2 fully saturated rings. The van der Waals surface area contributed by atoms with Gasteiger partial charge in [0.1, 0.15) is 18.0 Å². The van der Waals surface area contributed by atoms with Crippen LogP contribution in [0.2, 0.25) is 5.02 Å². The molecule has 0 aliphatic heterocycles. The maximum Gasteiger partial charge on any atom is 0.225 e. The van der Waals surface area contributed by atoms with Crippen LogP contribution < -0.4 is 10.6 Å². The molecule has 35 heavy (non-hydrogen) atoms. The number of fused-ring (bicyclic) bond motifs is 1. The molecule has 0 bridgehead atoms. The van der Waals surface area contributed by atoms with Crippen molar-refractivity contribution in [3.8, 4) is 0 Å². The normalized spacial score (nSPS) is 19.0. The number of carbonyl (C=O) groups excluding carboxylic acids is 1. The number of nitrogens with zero attached hydrogens (tertiary/aromatic N) is 4. The van der Waals surface area contributed by atoms with E-state index in [1.165, 1.54) is 30.3 Å². The number of carbonyl (C=O) groups is 1. The molecular weight excluding hydrogens is 528 g/mol. The van der Waals surface area contributed by atoms with Crippen molar-refractivity contribution in [2.75, 3.05) is 10.6 Å². The zero-order valence-corrected chi connectivity index (χ0v) is 21.3. The molecule has 0 spiro atoms. The zero-order valence-electron chi connectivity index (χ0n) is 18.9. The monoisotopic (exact) mass is 550 g/mol. The SMILES string of the molecule is O=C(C[C@H]1C[C@@H]1c1cccc(Cl)c1)Nc1cc(NCc2cn3cc(C4CC4)cc(Br)c3n2)ncn1. The van der Waals surface area contributed by atoms with Crippen LogP contribution in [0.25, 0.3) is 5.65 Å². The van der Waals surface area contributed by atoms with Gasteiger partial charge in [0.2, 0.25) is 5.91 Å². The lowest BCUT2D eigenvalue weighted by Crippen LogP contribution is -2.14. The first kappa shape index (κ1) is 22.5. The van der Waals surface area contributed by atoms with Crippen molar-refractivity contribution in [3.63, 3.8) is 0 Å². The highest BCUT2D eigenvalue weighted by atomic mass is 79.9. The van der Waals surface area contributed by atoms with Crippen molar-refractivity contribution in [2.24, 2.45) is 5.92 Å². The van der Waals surface area contributed by atoms with Crippen molar-refractivity contribution in [1.82, 2.24) is 19.4 Å². The second kappa shape index (κ2) is 9.24. The number of amides is 1. The summed E-state index contributed by atoms with van der Waals surface area (Å²) in [5.74, 6) is 2.49. The van der Waals surface area contributed by atoms with Gasteiger partial charge in [-0.05, 0) is 82.3 Å².